The van der Waals surface area contributed by atoms with Gasteiger partial charge >= 0.3 is 0 Å². The number of hydrogen-bond acceptors (Lipinski definition) is 5. The number of rotatable bonds is 7. The molecule has 0 saturated heterocycles. The first-order valence-corrected chi connectivity index (χ1v) is 7.78. The second kappa shape index (κ2) is 6.85. The van der Waals surface area contributed by atoms with Crippen LogP contribution in [0.25, 0.3) is 0 Å². The van der Waals surface area contributed by atoms with Crippen molar-refractivity contribution in [1.82, 2.24) is 20.1 Å². The largest absolute Gasteiger partial charge is 0.493 e. The molecule has 0 saturated carbocycles. The van der Waals surface area contributed by atoms with Gasteiger partial charge in [0.15, 0.2) is 5.75 Å². The van der Waals surface area contributed by atoms with Crippen LogP contribution in [0.1, 0.15) is 41.9 Å². The summed E-state index contributed by atoms with van der Waals surface area (Å²) in [6, 6.07) is 0.0789. The maximum atomic E-state index is 5.49. The van der Waals surface area contributed by atoms with E-state index in [1.54, 1.807) is 24.6 Å². The Kier molecular flexibility index (Phi) is 5.14. The van der Waals surface area contributed by atoms with Crippen molar-refractivity contribution in [3.05, 3.63) is 28.0 Å². The summed E-state index contributed by atoms with van der Waals surface area (Å²) in [5.74, 6) is 0.829. The predicted molar refractivity (Wildman–Crippen MR) is 81.4 cm³/mol. The maximum absolute atomic E-state index is 5.49. The fraction of sp³-hybridized carbons (Fsp3) is 0.571. The van der Waals surface area contributed by atoms with Crippen molar-refractivity contribution < 1.29 is 4.74 Å². The average Bonchev–Trinajstić information content (AvgIpc) is 3.03. The smallest absolute Gasteiger partial charge is 0.161 e. The third kappa shape index (κ3) is 3.02. The van der Waals surface area contributed by atoms with Crippen LogP contribution in [-0.4, -0.2) is 28.4 Å². The zero-order valence-corrected chi connectivity index (χ0v) is 13.3. The van der Waals surface area contributed by atoms with Gasteiger partial charge in [-0.15, -0.1) is 11.3 Å². The van der Waals surface area contributed by atoms with Crippen molar-refractivity contribution in [2.24, 2.45) is 0 Å². The monoisotopic (exact) mass is 294 g/mol. The van der Waals surface area contributed by atoms with E-state index >= 15 is 0 Å². The lowest BCUT2D eigenvalue weighted by atomic mass is 10.1. The quantitative estimate of drug-likeness (QED) is 0.853. The lowest BCUT2D eigenvalue weighted by Crippen LogP contribution is -2.24. The van der Waals surface area contributed by atoms with Gasteiger partial charge in [0.05, 0.1) is 24.4 Å². The van der Waals surface area contributed by atoms with Crippen molar-refractivity contribution in [2.45, 2.75) is 39.8 Å². The van der Waals surface area contributed by atoms with E-state index < -0.39 is 0 Å². The second-order valence-corrected chi connectivity index (χ2v) is 5.86. The Morgan fingerprint density at radius 3 is 2.75 bits per heavy atom. The number of nitrogens with one attached hydrogen (secondary N) is 1. The molecule has 20 heavy (non-hydrogen) atoms. The molecule has 1 unspecified atom stereocenters. The molecule has 2 heterocycles. The highest BCUT2D eigenvalue weighted by Gasteiger charge is 2.24. The zero-order chi connectivity index (χ0) is 14.5. The van der Waals surface area contributed by atoms with E-state index in [1.165, 1.54) is 4.88 Å². The van der Waals surface area contributed by atoms with Crippen LogP contribution in [0.15, 0.2) is 12.4 Å². The Labute approximate surface area is 124 Å². The van der Waals surface area contributed by atoms with Crippen LogP contribution in [0.3, 0.4) is 0 Å². The van der Waals surface area contributed by atoms with Gasteiger partial charge in [-0.25, -0.2) is 4.98 Å². The first-order chi connectivity index (χ1) is 9.71. The Hall–Kier alpha value is -1.40. The van der Waals surface area contributed by atoms with Gasteiger partial charge in [0.25, 0.3) is 0 Å². The molecule has 0 aromatic carbocycles. The molecule has 0 fully saturated rings. The summed E-state index contributed by atoms with van der Waals surface area (Å²) in [6.07, 6.45) is 4.78. The summed E-state index contributed by atoms with van der Waals surface area (Å²) in [4.78, 5) is 5.56. The zero-order valence-electron chi connectivity index (χ0n) is 12.5. The van der Waals surface area contributed by atoms with E-state index in [2.05, 4.69) is 29.2 Å². The Balaban J connectivity index is 2.44. The minimum absolute atomic E-state index is 0.0789. The predicted octanol–water partition coefficient (Wildman–Crippen LogP) is 2.77. The van der Waals surface area contributed by atoms with Gasteiger partial charge in [-0.05, 0) is 19.9 Å². The standard InChI is InChI=1S/C14H22N4OS/c1-5-7-18-14(11(19-4)8-17-18)13(15-6-2)12-9-16-10(3)20-12/h8-9,13,15H,5-7H2,1-4H3. The van der Waals surface area contributed by atoms with Crippen LogP contribution in [0.4, 0.5) is 0 Å². The lowest BCUT2D eigenvalue weighted by molar-refractivity contribution is 0.399. The van der Waals surface area contributed by atoms with Gasteiger partial charge in [-0.3, -0.25) is 4.68 Å². The molecule has 0 bridgehead atoms. The summed E-state index contributed by atoms with van der Waals surface area (Å²) in [5, 5.41) is 9.04. The van der Waals surface area contributed by atoms with Crippen LogP contribution in [0, 0.1) is 6.92 Å². The number of hydrogen-bond donors (Lipinski definition) is 1. The Morgan fingerprint density at radius 2 is 2.20 bits per heavy atom. The minimum Gasteiger partial charge on any atom is -0.493 e. The third-order valence-electron chi connectivity index (χ3n) is 3.11. The van der Waals surface area contributed by atoms with Gasteiger partial charge in [0.1, 0.15) is 5.69 Å². The van der Waals surface area contributed by atoms with E-state index in [0.29, 0.717) is 0 Å². The van der Waals surface area contributed by atoms with Crippen molar-refractivity contribution in [1.29, 1.82) is 0 Å². The van der Waals surface area contributed by atoms with Crippen molar-refractivity contribution in [3.63, 3.8) is 0 Å². The van der Waals surface area contributed by atoms with Crippen LogP contribution >= 0.6 is 11.3 Å². The summed E-state index contributed by atoms with van der Waals surface area (Å²) < 4.78 is 7.52. The van der Waals surface area contributed by atoms with E-state index in [9.17, 15) is 0 Å². The Bertz CT molecular complexity index is 549. The van der Waals surface area contributed by atoms with Crippen molar-refractivity contribution in [2.75, 3.05) is 13.7 Å². The van der Waals surface area contributed by atoms with E-state index in [-0.39, 0.29) is 6.04 Å². The van der Waals surface area contributed by atoms with Crippen LogP contribution in [0.2, 0.25) is 0 Å². The molecule has 1 atom stereocenters. The normalized spacial score (nSPS) is 12.6. The van der Waals surface area contributed by atoms with E-state index in [1.807, 2.05) is 17.8 Å². The van der Waals surface area contributed by atoms with Crippen LogP contribution in [0.5, 0.6) is 5.75 Å². The van der Waals surface area contributed by atoms with Crippen LogP contribution < -0.4 is 10.1 Å². The summed E-state index contributed by atoms with van der Waals surface area (Å²) in [6.45, 7) is 8.04. The number of methoxy groups -OCH3 is 1. The van der Waals surface area contributed by atoms with Crippen molar-refractivity contribution in [3.8, 4) is 5.75 Å². The number of aryl methyl sites for hydroxylation is 2. The fourth-order valence-corrected chi connectivity index (χ4v) is 3.13. The molecule has 0 aliphatic rings. The molecular formula is C14H22N4OS. The van der Waals surface area contributed by atoms with Crippen molar-refractivity contribution >= 4 is 11.3 Å². The molecule has 2 rings (SSSR count). The molecule has 0 radical (unpaired) electrons. The first kappa shape index (κ1) is 15.0. The molecule has 6 heteroatoms. The topological polar surface area (TPSA) is 52.0 Å². The molecule has 0 amide bonds. The number of thiazole rings is 1. The molecule has 2 aromatic rings. The number of aromatic nitrogens is 3. The number of nitrogens with zero attached hydrogens (tertiary/aromatic N) is 3. The minimum atomic E-state index is 0.0789. The van der Waals surface area contributed by atoms with Gasteiger partial charge in [-0.1, -0.05) is 13.8 Å². The summed E-state index contributed by atoms with van der Waals surface area (Å²) >= 11 is 1.71. The third-order valence-corrected chi connectivity index (χ3v) is 4.08. The number of ether oxygens (including phenoxy) is 1. The SMILES string of the molecule is CCCn1ncc(OC)c1C(NCC)c1cnc(C)s1. The van der Waals surface area contributed by atoms with E-state index in [0.717, 1.165) is 36.0 Å². The molecule has 110 valence electrons. The molecule has 2 aromatic heterocycles. The highest BCUT2D eigenvalue weighted by molar-refractivity contribution is 7.11. The molecule has 5 nitrogen and oxygen atoms in total. The highest BCUT2D eigenvalue weighted by Crippen LogP contribution is 2.32. The van der Waals surface area contributed by atoms with Gasteiger partial charge in [0, 0.05) is 17.6 Å². The van der Waals surface area contributed by atoms with Crippen LogP contribution in [-0.2, 0) is 6.54 Å². The lowest BCUT2D eigenvalue weighted by Gasteiger charge is -2.19. The highest BCUT2D eigenvalue weighted by atomic mass is 32.1. The van der Waals surface area contributed by atoms with E-state index in [4.69, 9.17) is 4.74 Å². The first-order valence-electron chi connectivity index (χ1n) is 6.96. The average molecular weight is 294 g/mol. The van der Waals surface area contributed by atoms with Gasteiger partial charge < -0.3 is 10.1 Å². The summed E-state index contributed by atoms with van der Waals surface area (Å²) in [5.41, 5.74) is 1.08. The molecular weight excluding hydrogens is 272 g/mol. The second-order valence-electron chi connectivity index (χ2n) is 4.59. The molecule has 0 aliphatic heterocycles. The molecule has 1 N–H and O–H groups in total. The molecule has 0 aliphatic carbocycles. The summed E-state index contributed by atoms with van der Waals surface area (Å²) in [7, 11) is 1.69. The molecule has 0 spiro atoms. The van der Waals surface area contributed by atoms with Gasteiger partial charge in [0.2, 0.25) is 0 Å². The Morgan fingerprint density at radius 1 is 1.40 bits per heavy atom. The maximum Gasteiger partial charge on any atom is 0.161 e. The van der Waals surface area contributed by atoms with Gasteiger partial charge in [-0.2, -0.15) is 5.10 Å². The fourth-order valence-electron chi connectivity index (χ4n) is 2.26.